The summed E-state index contributed by atoms with van der Waals surface area (Å²) in [5.41, 5.74) is 0. The molecule has 0 aliphatic heterocycles. The third kappa shape index (κ3) is 38.1. The Kier molecular flexibility index (Phi) is 41.3. The number of allylic oxidation sites excluding steroid dienone is 3. The first-order chi connectivity index (χ1) is 24.7. The summed E-state index contributed by atoms with van der Waals surface area (Å²) in [6.45, 7) is 4.30. The van der Waals surface area contributed by atoms with Gasteiger partial charge in [-0.1, -0.05) is 231 Å². The van der Waals surface area contributed by atoms with Gasteiger partial charge in [-0.2, -0.15) is 0 Å². The number of aliphatic hydroxyl groups is 2. The van der Waals surface area contributed by atoms with Crippen LogP contribution in [0.15, 0.2) is 24.3 Å². The lowest BCUT2D eigenvalue weighted by Crippen LogP contribution is -2.45. The van der Waals surface area contributed by atoms with E-state index in [0.29, 0.717) is 6.42 Å². The van der Waals surface area contributed by atoms with E-state index in [4.69, 9.17) is 0 Å². The van der Waals surface area contributed by atoms with E-state index in [9.17, 15) is 15.0 Å². The predicted molar refractivity (Wildman–Crippen MR) is 221 cm³/mol. The molecule has 0 spiro atoms. The van der Waals surface area contributed by atoms with Crippen molar-refractivity contribution in [2.45, 2.75) is 257 Å². The maximum atomic E-state index is 12.3. The molecule has 3 N–H and O–H groups in total. The van der Waals surface area contributed by atoms with Gasteiger partial charge in [-0.3, -0.25) is 4.79 Å². The van der Waals surface area contributed by atoms with Gasteiger partial charge in [-0.05, 0) is 32.1 Å². The summed E-state index contributed by atoms with van der Waals surface area (Å²) in [4.78, 5) is 12.3. The van der Waals surface area contributed by atoms with E-state index in [-0.39, 0.29) is 12.5 Å². The predicted octanol–water partition coefficient (Wildman–Crippen LogP) is 14.0. The van der Waals surface area contributed by atoms with Crippen molar-refractivity contribution in [1.82, 2.24) is 5.32 Å². The van der Waals surface area contributed by atoms with Crippen LogP contribution in [0.4, 0.5) is 0 Å². The lowest BCUT2D eigenvalue weighted by molar-refractivity contribution is -0.123. The van der Waals surface area contributed by atoms with Crippen LogP contribution in [0.5, 0.6) is 0 Å². The van der Waals surface area contributed by atoms with Crippen LogP contribution in [-0.2, 0) is 4.79 Å². The van der Waals surface area contributed by atoms with Crippen LogP contribution in [0, 0.1) is 0 Å². The zero-order valence-corrected chi connectivity index (χ0v) is 33.9. The average molecular weight is 704 g/mol. The molecule has 2 atom stereocenters. The number of hydrogen-bond acceptors (Lipinski definition) is 3. The zero-order valence-electron chi connectivity index (χ0n) is 33.9. The summed E-state index contributed by atoms with van der Waals surface area (Å²) < 4.78 is 0. The molecule has 0 fully saturated rings. The van der Waals surface area contributed by atoms with E-state index in [2.05, 4.69) is 31.3 Å². The third-order valence-corrected chi connectivity index (χ3v) is 10.4. The largest absolute Gasteiger partial charge is 0.394 e. The van der Waals surface area contributed by atoms with Gasteiger partial charge >= 0.3 is 0 Å². The molecule has 0 aromatic rings. The molecule has 0 saturated heterocycles. The van der Waals surface area contributed by atoms with Gasteiger partial charge in [0.2, 0.25) is 5.91 Å². The Labute approximate surface area is 313 Å². The molecule has 0 bridgehead atoms. The van der Waals surface area contributed by atoms with Crippen molar-refractivity contribution in [2.75, 3.05) is 6.61 Å². The summed E-state index contributed by atoms with van der Waals surface area (Å²) in [7, 11) is 0. The second-order valence-corrected chi connectivity index (χ2v) is 15.5. The number of hydrogen-bond donors (Lipinski definition) is 3. The molecule has 1 amide bonds. The molecule has 0 heterocycles. The molecule has 50 heavy (non-hydrogen) atoms. The first kappa shape index (κ1) is 48.9. The van der Waals surface area contributed by atoms with E-state index in [1.54, 1.807) is 6.08 Å². The summed E-state index contributed by atoms with van der Waals surface area (Å²) in [5.74, 6) is -0.0727. The summed E-state index contributed by atoms with van der Waals surface area (Å²) in [6, 6.07) is -0.633. The molecule has 296 valence electrons. The van der Waals surface area contributed by atoms with Gasteiger partial charge in [-0.25, -0.2) is 0 Å². The van der Waals surface area contributed by atoms with Crippen molar-refractivity contribution in [1.29, 1.82) is 0 Å². The van der Waals surface area contributed by atoms with E-state index in [1.807, 2.05) is 6.08 Å². The minimum Gasteiger partial charge on any atom is -0.394 e. The highest BCUT2D eigenvalue weighted by atomic mass is 16.3. The molecular weight excluding hydrogens is 615 g/mol. The van der Waals surface area contributed by atoms with Gasteiger partial charge in [-0.15, -0.1) is 0 Å². The number of carbonyl (C=O) groups is 1. The Morgan fingerprint density at radius 1 is 0.460 bits per heavy atom. The molecule has 0 saturated carbocycles. The lowest BCUT2D eigenvalue weighted by atomic mass is 10.0. The van der Waals surface area contributed by atoms with Gasteiger partial charge in [0.05, 0.1) is 18.8 Å². The van der Waals surface area contributed by atoms with Crippen LogP contribution in [0.2, 0.25) is 0 Å². The van der Waals surface area contributed by atoms with Crippen molar-refractivity contribution in [3.63, 3.8) is 0 Å². The molecule has 4 heteroatoms. The first-order valence-corrected chi connectivity index (χ1v) is 22.6. The quantitative estimate of drug-likeness (QED) is 0.0438. The highest BCUT2D eigenvalue weighted by Gasteiger charge is 2.17. The van der Waals surface area contributed by atoms with Gasteiger partial charge in [0.25, 0.3) is 0 Å². The Balaban J connectivity index is 3.53. The molecule has 0 aromatic carbocycles. The van der Waals surface area contributed by atoms with E-state index in [1.165, 1.54) is 193 Å². The molecular formula is C46H89NO3. The summed E-state index contributed by atoms with van der Waals surface area (Å²) in [6.07, 6.45) is 54.5. The smallest absolute Gasteiger partial charge is 0.220 e. The van der Waals surface area contributed by atoms with Gasteiger partial charge in [0.1, 0.15) is 0 Å². The second-order valence-electron chi connectivity index (χ2n) is 15.5. The number of aliphatic hydroxyl groups excluding tert-OH is 2. The SMILES string of the molecule is CCCCCCCCCCCCCCCCCCCCCC/C=C/CC/C=C/C(O)C(CO)NC(=O)CCCCCCCCCCCCCC. The molecule has 0 rings (SSSR count). The number of unbranched alkanes of at least 4 members (excludes halogenated alkanes) is 32. The number of rotatable bonds is 41. The molecule has 0 aliphatic carbocycles. The maximum absolute atomic E-state index is 12.3. The van der Waals surface area contributed by atoms with Crippen LogP contribution in [0.1, 0.15) is 245 Å². The van der Waals surface area contributed by atoms with Crippen molar-refractivity contribution < 1.29 is 15.0 Å². The minimum absolute atomic E-state index is 0.0727. The second kappa shape index (κ2) is 42.3. The van der Waals surface area contributed by atoms with Crippen molar-refractivity contribution >= 4 is 5.91 Å². The number of carbonyl (C=O) groups excluding carboxylic acids is 1. The molecule has 2 unspecified atom stereocenters. The fourth-order valence-corrected chi connectivity index (χ4v) is 6.96. The van der Waals surface area contributed by atoms with Crippen molar-refractivity contribution in [3.05, 3.63) is 24.3 Å². The Morgan fingerprint density at radius 2 is 0.780 bits per heavy atom. The van der Waals surface area contributed by atoms with E-state index in [0.717, 1.165) is 32.1 Å². The zero-order chi connectivity index (χ0) is 36.4. The Hall–Kier alpha value is -1.13. The highest BCUT2D eigenvalue weighted by molar-refractivity contribution is 5.76. The van der Waals surface area contributed by atoms with Crippen LogP contribution in [0.3, 0.4) is 0 Å². The lowest BCUT2D eigenvalue weighted by Gasteiger charge is -2.19. The normalized spacial score (nSPS) is 13.1. The molecule has 4 nitrogen and oxygen atoms in total. The average Bonchev–Trinajstić information content (AvgIpc) is 3.12. The van der Waals surface area contributed by atoms with Crippen LogP contribution >= 0.6 is 0 Å². The fourth-order valence-electron chi connectivity index (χ4n) is 6.96. The van der Waals surface area contributed by atoms with E-state index >= 15 is 0 Å². The number of amides is 1. The van der Waals surface area contributed by atoms with Gasteiger partial charge < -0.3 is 15.5 Å². The Morgan fingerprint density at radius 3 is 1.16 bits per heavy atom. The first-order valence-electron chi connectivity index (χ1n) is 22.6. The van der Waals surface area contributed by atoms with Crippen molar-refractivity contribution in [3.8, 4) is 0 Å². The highest BCUT2D eigenvalue weighted by Crippen LogP contribution is 2.16. The summed E-state index contributed by atoms with van der Waals surface area (Å²) in [5, 5.41) is 23.0. The van der Waals surface area contributed by atoms with E-state index < -0.39 is 12.1 Å². The van der Waals surface area contributed by atoms with Crippen LogP contribution in [0.25, 0.3) is 0 Å². The number of nitrogens with one attached hydrogen (secondary N) is 1. The van der Waals surface area contributed by atoms with Crippen LogP contribution < -0.4 is 5.32 Å². The fraction of sp³-hybridized carbons (Fsp3) is 0.891. The van der Waals surface area contributed by atoms with Crippen LogP contribution in [-0.4, -0.2) is 34.9 Å². The third-order valence-electron chi connectivity index (χ3n) is 10.4. The standard InChI is InChI=1S/C46H89NO3/c1-3-5-7-9-11-13-15-17-18-19-20-21-22-23-24-25-26-27-28-29-30-31-33-35-37-39-41-45(49)44(43-48)47-46(50)42-40-38-36-34-32-16-14-12-10-8-6-4-2/h31,33,39,41,44-45,48-49H,3-30,32,34-38,40,42-43H2,1-2H3,(H,47,50)/b33-31+,41-39+. The monoisotopic (exact) mass is 704 g/mol. The van der Waals surface area contributed by atoms with Gasteiger partial charge in [0, 0.05) is 6.42 Å². The Bertz CT molecular complexity index is 720. The van der Waals surface area contributed by atoms with Gasteiger partial charge in [0.15, 0.2) is 0 Å². The molecule has 0 aromatic heterocycles. The minimum atomic E-state index is -0.857. The maximum Gasteiger partial charge on any atom is 0.220 e. The molecule has 0 aliphatic rings. The molecule has 0 radical (unpaired) electrons. The van der Waals surface area contributed by atoms with Crippen molar-refractivity contribution in [2.24, 2.45) is 0 Å². The topological polar surface area (TPSA) is 69.6 Å². The summed E-state index contributed by atoms with van der Waals surface area (Å²) >= 11 is 0.